The van der Waals surface area contributed by atoms with Crippen LogP contribution < -0.4 is 0 Å². The van der Waals surface area contributed by atoms with Gasteiger partial charge < -0.3 is 39.5 Å². The Morgan fingerprint density at radius 3 is 2.07 bits per heavy atom. The zero-order valence-electron chi connectivity index (χ0n) is 34.1. The standard InChI is InChI=1S/C39H70O16P2/c1-4-5-13-19-31(40)23-24-35-34(36(42)25-37(35)43)20-15-11-12-17-22-39(45)55-33(29-54-57(49,50)53-27-32(41)26-52-56(46,47)48)28-51-38(44)21-16-10-8-6-7-9-14-18-30(2)3/h11,15,23-24,30-36,40-42H,4-10,12-14,16-22,25-29H2,1-3H3,(H,49,50)(H2,46,47,48)/b15-11-,24-23+/t31-,32-,33+,34+,35+,36-/m0/s1. The SMILES string of the molecule is CCCCC[C@H](O)/C=C/[C@H]1C(=O)C[C@H](O)[C@@H]1C/C=C\CCCC(=O)O[C@H](COC(=O)CCCCCCCCCC(C)C)COP(=O)(O)OC[C@@H](O)COP(=O)(O)O. The summed E-state index contributed by atoms with van der Waals surface area (Å²) in [4.78, 5) is 65.2. The van der Waals surface area contributed by atoms with Crippen molar-refractivity contribution >= 4 is 33.4 Å². The third-order valence-corrected chi connectivity index (χ3v) is 10.8. The molecule has 332 valence electrons. The fourth-order valence-corrected chi connectivity index (χ4v) is 7.32. The van der Waals surface area contributed by atoms with Crippen LogP contribution in [0, 0.1) is 17.8 Å². The van der Waals surface area contributed by atoms with Gasteiger partial charge in [0.05, 0.1) is 32.0 Å². The molecule has 57 heavy (non-hydrogen) atoms. The molecule has 7 atom stereocenters. The fourth-order valence-electron chi connectivity index (χ4n) is 6.16. The van der Waals surface area contributed by atoms with Gasteiger partial charge in [0, 0.05) is 31.1 Å². The number of aliphatic hydroxyl groups is 3. The second-order valence-corrected chi connectivity index (χ2v) is 17.9. The van der Waals surface area contributed by atoms with Gasteiger partial charge >= 0.3 is 27.6 Å². The van der Waals surface area contributed by atoms with E-state index in [1.165, 1.54) is 19.3 Å². The van der Waals surface area contributed by atoms with Crippen LogP contribution >= 0.6 is 15.6 Å². The monoisotopic (exact) mass is 856 g/mol. The lowest BCUT2D eigenvalue weighted by atomic mass is 9.90. The van der Waals surface area contributed by atoms with Gasteiger partial charge in [-0.2, -0.15) is 0 Å². The van der Waals surface area contributed by atoms with E-state index in [9.17, 15) is 43.7 Å². The Labute approximate surface area is 338 Å². The first-order valence-corrected chi connectivity index (χ1v) is 23.5. The van der Waals surface area contributed by atoms with Crippen LogP contribution in [0.2, 0.25) is 0 Å². The van der Waals surface area contributed by atoms with Gasteiger partial charge in [-0.05, 0) is 38.0 Å². The third kappa shape index (κ3) is 28.3. The molecular formula is C39H70O16P2. The summed E-state index contributed by atoms with van der Waals surface area (Å²) in [5.41, 5.74) is 0. The van der Waals surface area contributed by atoms with E-state index >= 15 is 0 Å². The van der Waals surface area contributed by atoms with Gasteiger partial charge in [-0.25, -0.2) is 9.13 Å². The molecule has 0 spiro atoms. The summed E-state index contributed by atoms with van der Waals surface area (Å²) in [5, 5.41) is 30.4. The average Bonchev–Trinajstić information content (AvgIpc) is 3.41. The van der Waals surface area contributed by atoms with Crippen molar-refractivity contribution in [3.8, 4) is 0 Å². The van der Waals surface area contributed by atoms with E-state index in [2.05, 4.69) is 29.8 Å². The zero-order valence-corrected chi connectivity index (χ0v) is 35.9. The van der Waals surface area contributed by atoms with Crippen LogP contribution in [0.15, 0.2) is 24.3 Å². The van der Waals surface area contributed by atoms with Crippen molar-refractivity contribution in [2.45, 2.75) is 161 Å². The Morgan fingerprint density at radius 2 is 1.40 bits per heavy atom. The van der Waals surface area contributed by atoms with E-state index in [0.717, 1.165) is 44.9 Å². The van der Waals surface area contributed by atoms with E-state index in [0.29, 0.717) is 38.0 Å². The highest BCUT2D eigenvalue weighted by molar-refractivity contribution is 7.47. The highest BCUT2D eigenvalue weighted by Crippen LogP contribution is 2.44. The minimum atomic E-state index is -4.89. The molecule has 0 heterocycles. The number of carbonyl (C=O) groups is 3. The number of phosphoric ester groups is 2. The van der Waals surface area contributed by atoms with Crippen molar-refractivity contribution < 1.29 is 76.6 Å². The van der Waals surface area contributed by atoms with Crippen LogP contribution in [-0.4, -0.2) is 98.6 Å². The quantitative estimate of drug-likeness (QED) is 0.0177. The van der Waals surface area contributed by atoms with Crippen LogP contribution in [0.3, 0.4) is 0 Å². The number of esters is 2. The molecule has 0 bridgehead atoms. The summed E-state index contributed by atoms with van der Waals surface area (Å²) in [6.45, 7) is 3.55. The molecule has 1 aliphatic carbocycles. The molecule has 1 fully saturated rings. The number of allylic oxidation sites excluding steroid dienone is 3. The Balaban J connectivity index is 2.63. The van der Waals surface area contributed by atoms with E-state index in [4.69, 9.17) is 23.8 Å². The summed E-state index contributed by atoms with van der Waals surface area (Å²) in [5.74, 6) is -1.42. The number of ether oxygens (including phenoxy) is 2. The molecule has 1 rings (SSSR count). The van der Waals surface area contributed by atoms with Gasteiger partial charge in [-0.1, -0.05) is 109 Å². The first-order valence-electron chi connectivity index (χ1n) is 20.5. The predicted molar refractivity (Wildman–Crippen MR) is 212 cm³/mol. The van der Waals surface area contributed by atoms with E-state index in [1.54, 1.807) is 12.2 Å². The van der Waals surface area contributed by atoms with Crippen LogP contribution in [-0.2, 0) is 46.6 Å². The number of ketones is 1. The molecule has 0 saturated heterocycles. The summed E-state index contributed by atoms with van der Waals surface area (Å²) >= 11 is 0. The lowest BCUT2D eigenvalue weighted by Gasteiger charge is -2.20. The normalized spacial score (nSPS) is 20.3. The van der Waals surface area contributed by atoms with Gasteiger partial charge in [0.25, 0.3) is 0 Å². The number of hydrogen-bond donors (Lipinski definition) is 6. The van der Waals surface area contributed by atoms with E-state index < -0.39 is 84.3 Å². The average molecular weight is 857 g/mol. The summed E-state index contributed by atoms with van der Waals surface area (Å²) in [7, 11) is -9.77. The third-order valence-electron chi connectivity index (χ3n) is 9.39. The molecule has 1 saturated carbocycles. The van der Waals surface area contributed by atoms with E-state index in [1.807, 2.05) is 12.2 Å². The molecule has 0 aromatic rings. The highest BCUT2D eigenvalue weighted by Gasteiger charge is 2.39. The smallest absolute Gasteiger partial charge is 0.462 e. The molecule has 0 amide bonds. The maximum absolute atomic E-state index is 12.7. The number of phosphoric acid groups is 2. The Morgan fingerprint density at radius 1 is 0.789 bits per heavy atom. The highest BCUT2D eigenvalue weighted by atomic mass is 31.2. The molecule has 0 radical (unpaired) electrons. The van der Waals surface area contributed by atoms with Crippen molar-refractivity contribution in [1.82, 2.24) is 0 Å². The molecule has 0 aromatic carbocycles. The molecule has 1 aliphatic rings. The molecule has 6 N–H and O–H groups in total. The number of Topliss-reactive ketones (excluding diaryl/α,β-unsaturated/α-hetero) is 1. The first-order chi connectivity index (χ1) is 26.9. The lowest BCUT2D eigenvalue weighted by Crippen LogP contribution is -2.29. The van der Waals surface area contributed by atoms with Crippen molar-refractivity contribution in [3.63, 3.8) is 0 Å². The molecule has 0 aromatic heterocycles. The van der Waals surface area contributed by atoms with Crippen LogP contribution in [0.4, 0.5) is 0 Å². The van der Waals surface area contributed by atoms with Crippen LogP contribution in [0.5, 0.6) is 0 Å². The predicted octanol–water partition coefficient (Wildman–Crippen LogP) is 6.39. The van der Waals surface area contributed by atoms with Gasteiger partial charge in [0.15, 0.2) is 6.10 Å². The molecule has 0 aliphatic heterocycles. The molecule has 16 nitrogen and oxygen atoms in total. The first kappa shape index (κ1) is 53.2. The summed E-state index contributed by atoms with van der Waals surface area (Å²) < 4.78 is 47.6. The number of aliphatic hydroxyl groups excluding tert-OH is 3. The van der Waals surface area contributed by atoms with Gasteiger partial charge in [-0.15, -0.1) is 0 Å². The number of unbranched alkanes of at least 4 members (excludes halogenated alkanes) is 9. The largest absolute Gasteiger partial charge is 0.472 e. The van der Waals surface area contributed by atoms with Gasteiger partial charge in [0.2, 0.25) is 0 Å². The number of carbonyl (C=O) groups excluding carboxylic acids is 3. The van der Waals surface area contributed by atoms with Crippen molar-refractivity contribution in [2.24, 2.45) is 17.8 Å². The lowest BCUT2D eigenvalue weighted by molar-refractivity contribution is -0.161. The van der Waals surface area contributed by atoms with Crippen molar-refractivity contribution in [1.29, 1.82) is 0 Å². The van der Waals surface area contributed by atoms with Crippen molar-refractivity contribution in [2.75, 3.05) is 26.4 Å². The summed E-state index contributed by atoms with van der Waals surface area (Å²) in [6.07, 6.45) is 15.9. The summed E-state index contributed by atoms with van der Waals surface area (Å²) in [6, 6.07) is 0. The van der Waals surface area contributed by atoms with Crippen LogP contribution in [0.25, 0.3) is 0 Å². The molecule has 1 unspecified atom stereocenters. The van der Waals surface area contributed by atoms with Gasteiger partial charge in [-0.3, -0.25) is 28.0 Å². The minimum absolute atomic E-state index is 0.0540. The van der Waals surface area contributed by atoms with Gasteiger partial charge in [0.1, 0.15) is 18.5 Å². The molecule has 18 heteroatoms. The van der Waals surface area contributed by atoms with Crippen molar-refractivity contribution in [3.05, 3.63) is 24.3 Å². The van der Waals surface area contributed by atoms with E-state index in [-0.39, 0.29) is 31.0 Å². The fraction of sp³-hybridized carbons (Fsp3) is 0.821. The second kappa shape index (κ2) is 30.3. The zero-order chi connectivity index (χ0) is 42.7. The molecular weight excluding hydrogens is 786 g/mol. The second-order valence-electron chi connectivity index (χ2n) is 15.2. The maximum Gasteiger partial charge on any atom is 0.472 e. The Hall–Kier alpha value is -1.81. The van der Waals surface area contributed by atoms with Crippen LogP contribution in [0.1, 0.15) is 136 Å². The maximum atomic E-state index is 12.7. The Bertz CT molecular complexity index is 1280. The Kier molecular flexibility index (Phi) is 28.2. The minimum Gasteiger partial charge on any atom is -0.462 e. The topological polar surface area (TPSA) is 253 Å². The number of rotatable bonds is 34. The number of hydrogen-bond acceptors (Lipinski definition) is 13.